The van der Waals surface area contributed by atoms with E-state index >= 15 is 0 Å². The summed E-state index contributed by atoms with van der Waals surface area (Å²) in [5.41, 5.74) is 1.01. The van der Waals surface area contributed by atoms with Gasteiger partial charge >= 0.3 is 5.97 Å². The average molecular weight is 461 g/mol. The van der Waals surface area contributed by atoms with Crippen molar-refractivity contribution in [3.63, 3.8) is 0 Å². The highest BCUT2D eigenvalue weighted by Gasteiger charge is 2.21. The molecular weight excluding hydrogens is 440 g/mol. The van der Waals surface area contributed by atoms with Gasteiger partial charge in [0.25, 0.3) is 5.56 Å². The maximum atomic E-state index is 12.4. The van der Waals surface area contributed by atoms with Crippen molar-refractivity contribution in [1.82, 2.24) is 9.97 Å². The lowest BCUT2D eigenvalue weighted by molar-refractivity contribution is -0.150. The van der Waals surface area contributed by atoms with Crippen LogP contribution in [0.15, 0.2) is 45.7 Å². The molecule has 0 spiro atoms. The Kier molecular flexibility index (Phi) is 6.53. The van der Waals surface area contributed by atoms with Crippen molar-refractivity contribution in [3.05, 3.63) is 51.2 Å². The number of H-pyrrole nitrogens is 1. The Hall–Kier alpha value is -2.87. The molecule has 29 heavy (non-hydrogen) atoms. The molecule has 3 rings (SSSR count). The second kappa shape index (κ2) is 9.09. The van der Waals surface area contributed by atoms with Crippen molar-refractivity contribution in [1.29, 1.82) is 0 Å². The summed E-state index contributed by atoms with van der Waals surface area (Å²) < 4.78 is 17.1. The van der Waals surface area contributed by atoms with Crippen LogP contribution in [-0.2, 0) is 9.53 Å². The first-order valence-electron chi connectivity index (χ1n) is 9.23. The summed E-state index contributed by atoms with van der Waals surface area (Å²) in [7, 11) is 0. The molecule has 8 heteroatoms. The standard InChI is InChI=1S/C21H21BrN2O5/c1-4-27-17-11-13(10-15(22)18(17)29-12(3)21(26)28-5-2)19-23-16-9-7-6-8-14(16)20(25)24-19/h6-12H,4-5H2,1-3H3,(H,23,24,25). The van der Waals surface area contributed by atoms with Crippen LogP contribution in [-0.4, -0.2) is 35.3 Å². The Morgan fingerprint density at radius 2 is 1.97 bits per heavy atom. The van der Waals surface area contributed by atoms with E-state index in [0.717, 1.165) is 0 Å². The lowest BCUT2D eigenvalue weighted by Gasteiger charge is -2.18. The van der Waals surface area contributed by atoms with Crippen molar-refractivity contribution in [2.45, 2.75) is 26.9 Å². The van der Waals surface area contributed by atoms with Crippen molar-refractivity contribution < 1.29 is 19.0 Å². The SMILES string of the molecule is CCOC(=O)C(C)Oc1c(Br)cc(-c2nc3ccccc3c(=O)[nH]2)cc1OCC. The van der Waals surface area contributed by atoms with Gasteiger partial charge in [-0.25, -0.2) is 9.78 Å². The zero-order valence-corrected chi connectivity index (χ0v) is 17.9. The molecule has 1 aromatic heterocycles. The molecule has 7 nitrogen and oxygen atoms in total. The number of aromatic amines is 1. The molecular formula is C21H21BrN2O5. The Balaban J connectivity index is 2.04. The first kappa shape index (κ1) is 20.9. The third kappa shape index (κ3) is 4.59. The van der Waals surface area contributed by atoms with Crippen LogP contribution < -0.4 is 15.0 Å². The fraction of sp³-hybridized carbons (Fsp3) is 0.286. The second-order valence-corrected chi connectivity index (χ2v) is 7.02. The Labute approximate surface area is 176 Å². The Morgan fingerprint density at radius 3 is 2.69 bits per heavy atom. The molecule has 0 aliphatic rings. The van der Waals surface area contributed by atoms with Crippen LogP contribution in [0.2, 0.25) is 0 Å². The smallest absolute Gasteiger partial charge is 0.347 e. The first-order chi connectivity index (χ1) is 13.9. The molecule has 0 fully saturated rings. The van der Waals surface area contributed by atoms with Gasteiger partial charge in [0.2, 0.25) is 0 Å². The van der Waals surface area contributed by atoms with Gasteiger partial charge in [0.15, 0.2) is 17.6 Å². The number of aromatic nitrogens is 2. The number of para-hydroxylation sites is 1. The highest BCUT2D eigenvalue weighted by molar-refractivity contribution is 9.10. The van der Waals surface area contributed by atoms with Gasteiger partial charge in [0.1, 0.15) is 5.82 Å². The number of fused-ring (bicyclic) bond motifs is 1. The molecule has 0 saturated heterocycles. The maximum absolute atomic E-state index is 12.4. The van der Waals surface area contributed by atoms with E-state index in [9.17, 15) is 9.59 Å². The summed E-state index contributed by atoms with van der Waals surface area (Å²) in [5.74, 6) is 0.731. The number of ether oxygens (including phenoxy) is 3. The molecule has 0 aliphatic heterocycles. The zero-order valence-electron chi connectivity index (χ0n) is 16.3. The predicted molar refractivity (Wildman–Crippen MR) is 113 cm³/mol. The van der Waals surface area contributed by atoms with Crippen LogP contribution in [0.4, 0.5) is 0 Å². The van der Waals surface area contributed by atoms with Crippen molar-refractivity contribution >= 4 is 32.8 Å². The summed E-state index contributed by atoms with van der Waals surface area (Å²) in [5, 5.41) is 0.517. The Morgan fingerprint density at radius 1 is 1.21 bits per heavy atom. The van der Waals surface area contributed by atoms with E-state index in [1.165, 1.54) is 0 Å². The van der Waals surface area contributed by atoms with Crippen LogP contribution in [0.25, 0.3) is 22.3 Å². The van der Waals surface area contributed by atoms with E-state index in [2.05, 4.69) is 25.9 Å². The third-order valence-corrected chi connectivity index (χ3v) is 4.70. The molecule has 1 heterocycles. The fourth-order valence-corrected chi connectivity index (χ4v) is 3.33. The molecule has 1 N–H and O–H groups in total. The normalized spacial score (nSPS) is 11.9. The molecule has 0 bridgehead atoms. The molecule has 152 valence electrons. The van der Waals surface area contributed by atoms with Crippen molar-refractivity contribution in [2.75, 3.05) is 13.2 Å². The number of hydrogen-bond donors (Lipinski definition) is 1. The van der Waals surface area contributed by atoms with Crippen LogP contribution in [0.1, 0.15) is 20.8 Å². The van der Waals surface area contributed by atoms with Gasteiger partial charge in [0.05, 0.1) is 28.6 Å². The van der Waals surface area contributed by atoms with Crippen LogP contribution in [0.3, 0.4) is 0 Å². The molecule has 0 amide bonds. The third-order valence-electron chi connectivity index (χ3n) is 4.11. The Bertz CT molecular complexity index is 1100. The average Bonchev–Trinajstić information content (AvgIpc) is 2.70. The number of esters is 1. The van der Waals surface area contributed by atoms with Crippen LogP contribution in [0.5, 0.6) is 11.5 Å². The number of carbonyl (C=O) groups excluding carboxylic acids is 1. The minimum atomic E-state index is -0.810. The monoisotopic (exact) mass is 460 g/mol. The molecule has 0 saturated carbocycles. The minimum absolute atomic E-state index is 0.226. The number of nitrogens with zero attached hydrogens (tertiary/aromatic N) is 1. The van der Waals surface area contributed by atoms with Gasteiger partial charge in [-0.15, -0.1) is 0 Å². The zero-order chi connectivity index (χ0) is 21.0. The summed E-state index contributed by atoms with van der Waals surface area (Å²) >= 11 is 3.47. The van der Waals surface area contributed by atoms with Gasteiger partial charge in [-0.3, -0.25) is 4.79 Å². The van der Waals surface area contributed by atoms with Gasteiger partial charge in [-0.2, -0.15) is 0 Å². The number of carbonyl (C=O) groups is 1. The van der Waals surface area contributed by atoms with Gasteiger partial charge in [-0.05, 0) is 61.0 Å². The van der Waals surface area contributed by atoms with Crippen LogP contribution in [0, 0.1) is 0 Å². The van der Waals surface area contributed by atoms with E-state index in [-0.39, 0.29) is 12.2 Å². The molecule has 1 unspecified atom stereocenters. The highest BCUT2D eigenvalue weighted by Crippen LogP contribution is 2.40. The first-order valence-corrected chi connectivity index (χ1v) is 10.0. The molecule has 2 aromatic carbocycles. The van der Waals surface area contributed by atoms with E-state index in [1.807, 2.05) is 13.0 Å². The number of nitrogens with one attached hydrogen (secondary N) is 1. The molecule has 0 aliphatic carbocycles. The lowest BCUT2D eigenvalue weighted by Crippen LogP contribution is -2.26. The molecule has 3 aromatic rings. The number of rotatable bonds is 7. The molecule has 0 radical (unpaired) electrons. The fourth-order valence-electron chi connectivity index (χ4n) is 2.79. The van der Waals surface area contributed by atoms with E-state index < -0.39 is 12.1 Å². The summed E-state index contributed by atoms with van der Waals surface area (Å²) in [6, 6.07) is 10.6. The van der Waals surface area contributed by atoms with Crippen molar-refractivity contribution in [3.8, 4) is 22.9 Å². The van der Waals surface area contributed by atoms with Gasteiger partial charge in [-0.1, -0.05) is 12.1 Å². The number of halogens is 1. The largest absolute Gasteiger partial charge is 0.490 e. The van der Waals surface area contributed by atoms with E-state index in [1.54, 1.807) is 44.2 Å². The summed E-state index contributed by atoms with van der Waals surface area (Å²) in [6.07, 6.45) is -0.810. The van der Waals surface area contributed by atoms with Gasteiger partial charge in [0, 0.05) is 5.56 Å². The lowest BCUT2D eigenvalue weighted by atomic mass is 10.1. The predicted octanol–water partition coefficient (Wildman–Crippen LogP) is 4.08. The second-order valence-electron chi connectivity index (χ2n) is 6.16. The van der Waals surface area contributed by atoms with E-state index in [4.69, 9.17) is 14.2 Å². The number of hydrogen-bond acceptors (Lipinski definition) is 6. The minimum Gasteiger partial charge on any atom is -0.490 e. The van der Waals surface area contributed by atoms with Crippen molar-refractivity contribution in [2.24, 2.45) is 0 Å². The maximum Gasteiger partial charge on any atom is 0.347 e. The van der Waals surface area contributed by atoms with Gasteiger partial charge < -0.3 is 19.2 Å². The van der Waals surface area contributed by atoms with Crippen LogP contribution >= 0.6 is 15.9 Å². The molecule has 1 atom stereocenters. The summed E-state index contributed by atoms with van der Waals surface area (Å²) in [4.78, 5) is 31.7. The topological polar surface area (TPSA) is 90.5 Å². The van der Waals surface area contributed by atoms with E-state index in [0.29, 0.717) is 44.9 Å². The summed E-state index contributed by atoms with van der Waals surface area (Å²) in [6.45, 7) is 5.84. The highest BCUT2D eigenvalue weighted by atomic mass is 79.9. The quantitative estimate of drug-likeness (QED) is 0.534. The number of benzene rings is 2.